The van der Waals surface area contributed by atoms with Crippen LogP contribution < -0.4 is 10.6 Å². The van der Waals surface area contributed by atoms with Crippen LogP contribution in [0.1, 0.15) is 57.4 Å². The number of nitrogens with two attached hydrogens (primary N) is 1. The van der Waals surface area contributed by atoms with Crippen LogP contribution in [0.15, 0.2) is 24.3 Å². The molecule has 0 bridgehead atoms. The number of nitrogens with zero attached hydrogens (tertiary/aromatic N) is 1. The van der Waals surface area contributed by atoms with Crippen LogP contribution in [0, 0.1) is 6.92 Å². The zero-order valence-electron chi connectivity index (χ0n) is 13.6. The summed E-state index contributed by atoms with van der Waals surface area (Å²) in [4.78, 5) is 14.4. The Morgan fingerprint density at radius 1 is 1.14 bits per heavy atom. The fraction of sp³-hybridized carbons (Fsp3) is 0.611. The van der Waals surface area contributed by atoms with Crippen molar-refractivity contribution in [2.45, 2.75) is 58.8 Å². The van der Waals surface area contributed by atoms with Crippen LogP contribution in [0.25, 0.3) is 0 Å². The minimum Gasteiger partial charge on any atom is -0.330 e. The first-order valence-corrected chi connectivity index (χ1v) is 8.26. The molecule has 0 aliphatic rings. The van der Waals surface area contributed by atoms with E-state index >= 15 is 0 Å². The van der Waals surface area contributed by atoms with E-state index in [1.165, 1.54) is 24.8 Å². The summed E-state index contributed by atoms with van der Waals surface area (Å²) in [6.07, 6.45) is 7.36. The summed E-state index contributed by atoms with van der Waals surface area (Å²) in [5.74, 6) is 0.227. The van der Waals surface area contributed by atoms with Crippen LogP contribution in [0.5, 0.6) is 0 Å². The number of rotatable bonds is 10. The predicted octanol–water partition coefficient (Wildman–Crippen LogP) is 4.04. The first-order chi connectivity index (χ1) is 10.2. The number of amides is 1. The number of carbonyl (C=O) groups excluding carboxylic acids is 1. The molecule has 0 atom stereocenters. The van der Waals surface area contributed by atoms with Crippen molar-refractivity contribution in [2.24, 2.45) is 5.73 Å². The number of aryl methyl sites for hydroxylation is 1. The molecule has 1 amide bonds. The second-order valence-corrected chi connectivity index (χ2v) is 5.69. The van der Waals surface area contributed by atoms with Crippen molar-refractivity contribution in [2.75, 3.05) is 18.0 Å². The largest absolute Gasteiger partial charge is 0.330 e. The van der Waals surface area contributed by atoms with Gasteiger partial charge >= 0.3 is 0 Å². The maximum absolute atomic E-state index is 12.5. The first-order valence-electron chi connectivity index (χ1n) is 8.26. The van der Waals surface area contributed by atoms with Crippen LogP contribution in [-0.4, -0.2) is 19.0 Å². The van der Waals surface area contributed by atoms with Crippen LogP contribution in [0.2, 0.25) is 0 Å². The van der Waals surface area contributed by atoms with Gasteiger partial charge in [-0.15, -0.1) is 0 Å². The normalized spacial score (nSPS) is 10.6. The van der Waals surface area contributed by atoms with Crippen LogP contribution in [-0.2, 0) is 4.79 Å². The van der Waals surface area contributed by atoms with Gasteiger partial charge in [0.2, 0.25) is 5.91 Å². The van der Waals surface area contributed by atoms with Crippen LogP contribution in [0.4, 0.5) is 5.69 Å². The second-order valence-electron chi connectivity index (χ2n) is 5.69. The molecule has 1 aromatic rings. The van der Waals surface area contributed by atoms with Gasteiger partial charge in [-0.05, 0) is 44.0 Å². The molecule has 0 heterocycles. The Labute approximate surface area is 129 Å². The zero-order valence-corrected chi connectivity index (χ0v) is 13.6. The highest BCUT2D eigenvalue weighted by Crippen LogP contribution is 2.18. The minimum atomic E-state index is 0.227. The van der Waals surface area contributed by atoms with Gasteiger partial charge in [-0.25, -0.2) is 0 Å². The van der Waals surface area contributed by atoms with Crippen molar-refractivity contribution in [3.05, 3.63) is 29.8 Å². The van der Waals surface area contributed by atoms with Crippen LogP contribution >= 0.6 is 0 Å². The first kappa shape index (κ1) is 17.7. The molecular formula is C18H30N2O. The smallest absolute Gasteiger partial charge is 0.226 e. The third-order valence-electron chi connectivity index (χ3n) is 3.69. The average molecular weight is 290 g/mol. The summed E-state index contributed by atoms with van der Waals surface area (Å²) in [6, 6.07) is 8.15. The second kappa shape index (κ2) is 10.4. The molecule has 21 heavy (non-hydrogen) atoms. The molecule has 0 aliphatic carbocycles. The Hall–Kier alpha value is -1.35. The lowest BCUT2D eigenvalue weighted by Gasteiger charge is -2.23. The molecule has 1 rings (SSSR count). The summed E-state index contributed by atoms with van der Waals surface area (Å²) in [6.45, 7) is 5.59. The standard InChI is InChI=1S/C18H30N2O/c1-3-4-5-6-7-12-18(21)20(14-9-13-19)17-11-8-10-16(2)15-17/h8,10-11,15H,3-7,9,12-14,19H2,1-2H3. The molecule has 0 saturated carbocycles. The topological polar surface area (TPSA) is 46.3 Å². The number of anilines is 1. The molecule has 3 heteroatoms. The summed E-state index contributed by atoms with van der Waals surface area (Å²) in [5, 5.41) is 0. The molecule has 0 aliphatic heterocycles. The van der Waals surface area contributed by atoms with Gasteiger partial charge in [-0.3, -0.25) is 4.79 Å². The van der Waals surface area contributed by atoms with E-state index in [1.54, 1.807) is 0 Å². The molecule has 0 fully saturated rings. The molecule has 1 aromatic carbocycles. The molecule has 3 nitrogen and oxygen atoms in total. The van der Waals surface area contributed by atoms with E-state index in [-0.39, 0.29) is 5.91 Å². The Morgan fingerprint density at radius 2 is 1.90 bits per heavy atom. The van der Waals surface area contributed by atoms with Crippen molar-refractivity contribution in [1.82, 2.24) is 0 Å². The monoisotopic (exact) mass is 290 g/mol. The third-order valence-corrected chi connectivity index (χ3v) is 3.69. The number of benzene rings is 1. The molecule has 0 radical (unpaired) electrons. The van der Waals surface area contributed by atoms with E-state index in [0.717, 1.165) is 24.9 Å². The molecular weight excluding hydrogens is 260 g/mol. The predicted molar refractivity (Wildman–Crippen MR) is 90.6 cm³/mol. The van der Waals surface area contributed by atoms with Crippen molar-refractivity contribution < 1.29 is 4.79 Å². The Bertz CT molecular complexity index is 417. The van der Waals surface area contributed by atoms with Gasteiger partial charge in [-0.2, -0.15) is 0 Å². The average Bonchev–Trinajstić information content (AvgIpc) is 2.47. The molecule has 0 unspecified atom stereocenters. The maximum atomic E-state index is 12.5. The fourth-order valence-electron chi connectivity index (χ4n) is 2.46. The van der Waals surface area contributed by atoms with Gasteiger partial charge in [0.25, 0.3) is 0 Å². The number of hydrogen-bond donors (Lipinski definition) is 1. The summed E-state index contributed by atoms with van der Waals surface area (Å²) in [7, 11) is 0. The van der Waals surface area contributed by atoms with Crippen molar-refractivity contribution in [1.29, 1.82) is 0 Å². The van der Waals surface area contributed by atoms with E-state index in [9.17, 15) is 4.79 Å². The van der Waals surface area contributed by atoms with Crippen molar-refractivity contribution in [3.8, 4) is 0 Å². The van der Waals surface area contributed by atoms with E-state index < -0.39 is 0 Å². The van der Waals surface area contributed by atoms with E-state index in [0.29, 0.717) is 19.5 Å². The minimum absolute atomic E-state index is 0.227. The molecule has 0 saturated heterocycles. The van der Waals surface area contributed by atoms with Gasteiger partial charge in [0.05, 0.1) is 0 Å². The number of hydrogen-bond acceptors (Lipinski definition) is 2. The van der Waals surface area contributed by atoms with E-state index in [2.05, 4.69) is 26.0 Å². The van der Waals surface area contributed by atoms with Gasteiger partial charge in [-0.1, -0.05) is 44.7 Å². The van der Waals surface area contributed by atoms with Crippen molar-refractivity contribution >= 4 is 11.6 Å². The Kier molecular flexibility index (Phi) is 8.76. The quantitative estimate of drug-likeness (QED) is 0.661. The van der Waals surface area contributed by atoms with E-state index in [1.807, 2.05) is 17.0 Å². The highest BCUT2D eigenvalue weighted by molar-refractivity contribution is 5.93. The SMILES string of the molecule is CCCCCCCC(=O)N(CCCN)c1cccc(C)c1. The van der Waals surface area contributed by atoms with Gasteiger partial charge in [0.15, 0.2) is 0 Å². The third kappa shape index (κ3) is 6.76. The lowest BCUT2D eigenvalue weighted by atomic mass is 10.1. The van der Waals surface area contributed by atoms with Gasteiger partial charge in [0.1, 0.15) is 0 Å². The lowest BCUT2D eigenvalue weighted by molar-refractivity contribution is -0.118. The van der Waals surface area contributed by atoms with Gasteiger partial charge < -0.3 is 10.6 Å². The maximum Gasteiger partial charge on any atom is 0.226 e. The summed E-state index contributed by atoms with van der Waals surface area (Å²) in [5.41, 5.74) is 7.79. The molecule has 0 spiro atoms. The fourth-order valence-corrected chi connectivity index (χ4v) is 2.46. The van der Waals surface area contributed by atoms with Crippen molar-refractivity contribution in [3.63, 3.8) is 0 Å². The van der Waals surface area contributed by atoms with E-state index in [4.69, 9.17) is 5.73 Å². The highest BCUT2D eigenvalue weighted by Gasteiger charge is 2.14. The Balaban J connectivity index is 2.58. The molecule has 2 N–H and O–H groups in total. The Morgan fingerprint density at radius 3 is 2.57 bits per heavy atom. The van der Waals surface area contributed by atoms with Crippen LogP contribution in [0.3, 0.4) is 0 Å². The summed E-state index contributed by atoms with van der Waals surface area (Å²) < 4.78 is 0. The molecule has 118 valence electrons. The lowest BCUT2D eigenvalue weighted by Crippen LogP contribution is -2.32. The molecule has 0 aromatic heterocycles. The highest BCUT2D eigenvalue weighted by atomic mass is 16.2. The number of carbonyl (C=O) groups is 1. The summed E-state index contributed by atoms with van der Waals surface area (Å²) >= 11 is 0. The zero-order chi connectivity index (χ0) is 15.5. The number of unbranched alkanes of at least 4 members (excludes halogenated alkanes) is 4. The van der Waals surface area contributed by atoms with Gasteiger partial charge in [0, 0.05) is 18.7 Å².